The number of thiophene rings is 1. The number of nitrogens with zero attached hydrogens (tertiary/aromatic N) is 4. The Morgan fingerprint density at radius 1 is 1.00 bits per heavy atom. The summed E-state index contributed by atoms with van der Waals surface area (Å²) in [6.45, 7) is 5.87. The predicted octanol–water partition coefficient (Wildman–Crippen LogP) is 4.90. The maximum Gasteiger partial charge on any atom is 0.261 e. The Balaban J connectivity index is 1.14. The Kier molecular flexibility index (Phi) is 7.49. The molecule has 2 aromatic rings. The smallest absolute Gasteiger partial charge is 0.261 e. The first-order valence-electron chi connectivity index (χ1n) is 13.7. The summed E-state index contributed by atoms with van der Waals surface area (Å²) < 4.78 is 2.22. The van der Waals surface area contributed by atoms with Crippen molar-refractivity contribution >= 4 is 33.4 Å². The Hall–Kier alpha value is -1.93. The van der Waals surface area contributed by atoms with E-state index in [2.05, 4.69) is 27.9 Å². The molecule has 0 aromatic carbocycles. The minimum absolute atomic E-state index is 0.0809. The van der Waals surface area contributed by atoms with Crippen LogP contribution in [-0.4, -0.2) is 69.7 Å². The van der Waals surface area contributed by atoms with Gasteiger partial charge < -0.3 is 15.1 Å². The van der Waals surface area contributed by atoms with Gasteiger partial charge in [-0.2, -0.15) is 5.10 Å². The summed E-state index contributed by atoms with van der Waals surface area (Å²) in [4.78, 5) is 31.3. The van der Waals surface area contributed by atoms with Gasteiger partial charge in [0.15, 0.2) is 0 Å². The van der Waals surface area contributed by atoms with Crippen molar-refractivity contribution in [3.8, 4) is 0 Å². The molecule has 1 saturated heterocycles. The summed E-state index contributed by atoms with van der Waals surface area (Å²) in [6.07, 6.45) is 12.8. The number of rotatable bonds is 5. The van der Waals surface area contributed by atoms with E-state index in [0.29, 0.717) is 18.1 Å². The first-order chi connectivity index (χ1) is 16.9. The van der Waals surface area contributed by atoms with Crippen LogP contribution in [0, 0.1) is 6.92 Å². The van der Waals surface area contributed by atoms with Gasteiger partial charge in [-0.1, -0.05) is 19.3 Å². The van der Waals surface area contributed by atoms with Crippen LogP contribution in [-0.2, 0) is 4.79 Å². The number of carbonyl (C=O) groups is 2. The van der Waals surface area contributed by atoms with Gasteiger partial charge in [-0.3, -0.25) is 14.3 Å². The molecular formula is C27H41N5O2S. The van der Waals surface area contributed by atoms with Crippen molar-refractivity contribution in [2.24, 2.45) is 0 Å². The second-order valence-corrected chi connectivity index (χ2v) is 12.1. The summed E-state index contributed by atoms with van der Waals surface area (Å²) >= 11 is 1.61. The van der Waals surface area contributed by atoms with E-state index in [9.17, 15) is 9.59 Å². The molecule has 0 atom stereocenters. The highest BCUT2D eigenvalue weighted by molar-refractivity contribution is 7.20. The van der Waals surface area contributed by atoms with Gasteiger partial charge in [-0.25, -0.2) is 0 Å². The molecule has 3 heterocycles. The van der Waals surface area contributed by atoms with Crippen molar-refractivity contribution in [3.05, 3.63) is 16.6 Å². The summed E-state index contributed by atoms with van der Waals surface area (Å²) in [6, 6.07) is 3.80. The monoisotopic (exact) mass is 499 g/mol. The van der Waals surface area contributed by atoms with Crippen LogP contribution in [0.4, 0.5) is 0 Å². The molecule has 2 saturated carbocycles. The average Bonchev–Trinajstić information content (AvgIpc) is 3.45. The molecule has 8 heteroatoms. The number of piperidine rings is 1. The van der Waals surface area contributed by atoms with E-state index in [4.69, 9.17) is 5.10 Å². The molecule has 1 aliphatic heterocycles. The first-order valence-corrected chi connectivity index (χ1v) is 14.5. The largest absolute Gasteiger partial charge is 0.349 e. The predicted molar refractivity (Wildman–Crippen MR) is 141 cm³/mol. The highest BCUT2D eigenvalue weighted by Crippen LogP contribution is 2.36. The summed E-state index contributed by atoms with van der Waals surface area (Å²) in [5.74, 6) is 0.247. The third kappa shape index (κ3) is 5.29. The normalized spacial score (nSPS) is 25.1. The second-order valence-electron chi connectivity index (χ2n) is 11.0. The van der Waals surface area contributed by atoms with Gasteiger partial charge in [0.05, 0.1) is 16.6 Å². The standard InChI is InChI=1S/C27H41N5O2S/c1-18-24-17-25(35-27(24)32(29-18)23-7-5-4-6-8-23)26(34)28-20-9-11-22(12-10-20)31-15-13-21(14-16-31)30(3)19(2)33/h17,20-23H,4-16H2,1-3H3,(H,28,34)/t20-,22-. The summed E-state index contributed by atoms with van der Waals surface area (Å²) in [7, 11) is 1.93. The van der Waals surface area contributed by atoms with Crippen LogP contribution in [0.3, 0.4) is 0 Å². The third-order valence-corrected chi connectivity index (χ3v) is 9.93. The van der Waals surface area contributed by atoms with E-state index in [1.807, 2.05) is 11.9 Å². The Morgan fingerprint density at radius 2 is 1.69 bits per heavy atom. The zero-order chi connectivity index (χ0) is 24.5. The Morgan fingerprint density at radius 3 is 2.34 bits per heavy atom. The lowest BCUT2D eigenvalue weighted by molar-refractivity contribution is -0.130. The molecule has 0 spiro atoms. The molecule has 1 N–H and O–H groups in total. The number of hydrogen-bond donors (Lipinski definition) is 1. The fraction of sp³-hybridized carbons (Fsp3) is 0.741. The second kappa shape index (κ2) is 10.6. The van der Waals surface area contributed by atoms with E-state index < -0.39 is 0 Å². The Labute approximate surface area is 213 Å². The van der Waals surface area contributed by atoms with Crippen LogP contribution < -0.4 is 5.32 Å². The zero-order valence-electron chi connectivity index (χ0n) is 21.6. The molecule has 0 radical (unpaired) electrons. The van der Waals surface area contributed by atoms with Crippen LogP contribution >= 0.6 is 11.3 Å². The molecule has 2 aliphatic carbocycles. The van der Waals surface area contributed by atoms with Gasteiger partial charge in [-0.15, -0.1) is 11.3 Å². The quantitative estimate of drug-likeness (QED) is 0.636. The lowest BCUT2D eigenvalue weighted by Crippen LogP contribution is -2.50. The van der Waals surface area contributed by atoms with Gasteiger partial charge in [0.25, 0.3) is 5.91 Å². The van der Waals surface area contributed by atoms with Crippen molar-refractivity contribution in [3.63, 3.8) is 0 Å². The highest BCUT2D eigenvalue weighted by Gasteiger charge is 2.31. The SMILES string of the molecule is CC(=O)N(C)C1CCN([C@H]2CC[C@H](NC(=O)c3cc4c(C)nn(C5CCCCC5)c4s3)CC2)CC1. The van der Waals surface area contributed by atoms with Gasteiger partial charge >= 0.3 is 0 Å². The number of hydrogen-bond acceptors (Lipinski definition) is 5. The van der Waals surface area contributed by atoms with Crippen molar-refractivity contribution in [1.82, 2.24) is 24.9 Å². The maximum atomic E-state index is 13.1. The Bertz CT molecular complexity index is 1040. The number of carbonyl (C=O) groups excluding carboxylic acids is 2. The van der Waals surface area contributed by atoms with Crippen molar-refractivity contribution < 1.29 is 9.59 Å². The van der Waals surface area contributed by atoms with E-state index in [-0.39, 0.29) is 17.9 Å². The number of amides is 2. The van der Waals surface area contributed by atoms with Crippen LogP contribution in [0.1, 0.15) is 99.0 Å². The average molecular weight is 500 g/mol. The van der Waals surface area contributed by atoms with Crippen LogP contribution in [0.5, 0.6) is 0 Å². The molecular weight excluding hydrogens is 458 g/mol. The van der Waals surface area contributed by atoms with Crippen molar-refractivity contribution in [2.75, 3.05) is 20.1 Å². The van der Waals surface area contributed by atoms with Gasteiger partial charge in [-0.05, 0) is 64.4 Å². The fourth-order valence-electron chi connectivity index (χ4n) is 6.49. The number of likely N-dealkylation sites (tertiary alicyclic amines) is 1. The molecule has 2 aromatic heterocycles. The zero-order valence-corrected chi connectivity index (χ0v) is 22.4. The first kappa shape index (κ1) is 24.8. The summed E-state index contributed by atoms with van der Waals surface area (Å²) in [5, 5.41) is 9.32. The molecule has 5 rings (SSSR count). The molecule has 192 valence electrons. The fourth-order valence-corrected chi connectivity index (χ4v) is 7.63. The molecule has 0 bridgehead atoms. The van der Waals surface area contributed by atoms with Crippen LogP contribution in [0.25, 0.3) is 10.2 Å². The number of nitrogens with one attached hydrogen (secondary N) is 1. The van der Waals surface area contributed by atoms with Gasteiger partial charge in [0, 0.05) is 50.6 Å². The van der Waals surface area contributed by atoms with Crippen LogP contribution in [0.2, 0.25) is 0 Å². The number of aromatic nitrogens is 2. The lowest BCUT2D eigenvalue weighted by atomic mass is 9.88. The van der Waals surface area contributed by atoms with Crippen molar-refractivity contribution in [1.29, 1.82) is 0 Å². The molecule has 35 heavy (non-hydrogen) atoms. The van der Waals surface area contributed by atoms with Gasteiger partial charge in [0.2, 0.25) is 5.91 Å². The minimum atomic E-state index is 0.0809. The van der Waals surface area contributed by atoms with E-state index in [1.165, 1.54) is 36.9 Å². The maximum absolute atomic E-state index is 13.1. The minimum Gasteiger partial charge on any atom is -0.349 e. The van der Waals surface area contributed by atoms with E-state index >= 15 is 0 Å². The molecule has 3 aliphatic rings. The molecule has 0 unspecified atom stereocenters. The van der Waals surface area contributed by atoms with Gasteiger partial charge in [0.1, 0.15) is 4.83 Å². The summed E-state index contributed by atoms with van der Waals surface area (Å²) in [5.41, 5.74) is 1.04. The van der Waals surface area contributed by atoms with E-state index in [0.717, 1.165) is 67.6 Å². The molecule has 2 amide bonds. The number of fused-ring (bicyclic) bond motifs is 1. The topological polar surface area (TPSA) is 70.5 Å². The van der Waals surface area contributed by atoms with Crippen molar-refractivity contribution in [2.45, 2.75) is 109 Å². The number of aryl methyl sites for hydroxylation is 1. The molecule has 3 fully saturated rings. The van der Waals surface area contributed by atoms with E-state index in [1.54, 1.807) is 18.3 Å². The third-order valence-electron chi connectivity index (χ3n) is 8.80. The lowest BCUT2D eigenvalue weighted by Gasteiger charge is -2.42. The molecule has 7 nitrogen and oxygen atoms in total. The van der Waals surface area contributed by atoms with Crippen LogP contribution in [0.15, 0.2) is 6.07 Å². The highest BCUT2D eigenvalue weighted by atomic mass is 32.1.